The summed E-state index contributed by atoms with van der Waals surface area (Å²) in [6.07, 6.45) is 0. The van der Waals surface area contributed by atoms with Crippen LogP contribution in [0.3, 0.4) is 0 Å². The summed E-state index contributed by atoms with van der Waals surface area (Å²) in [6, 6.07) is 28.7. The molecule has 0 atom stereocenters. The number of piperazine rings is 1. The molecule has 1 fully saturated rings. The minimum Gasteiger partial charge on any atom is -0.368 e. The lowest BCUT2D eigenvalue weighted by molar-refractivity contribution is -0.128. The van der Waals surface area contributed by atoms with Crippen LogP contribution in [0.5, 0.6) is 0 Å². The maximum Gasteiger partial charge on any atom is 0.233 e. The van der Waals surface area contributed by atoms with Crippen LogP contribution in [0.4, 0.5) is 5.69 Å². The second-order valence-electron chi connectivity index (χ2n) is 8.34. The van der Waals surface area contributed by atoms with Gasteiger partial charge in [-0.2, -0.15) is 0 Å². The van der Waals surface area contributed by atoms with Crippen LogP contribution in [0.15, 0.2) is 90.1 Å². The Morgan fingerprint density at radius 2 is 1.50 bits per heavy atom. The number of thioether (sulfide) groups is 1. The predicted molar refractivity (Wildman–Crippen MR) is 137 cm³/mol. The first-order valence-corrected chi connectivity index (χ1v) is 12.5. The van der Waals surface area contributed by atoms with E-state index in [-0.39, 0.29) is 5.91 Å². The van der Waals surface area contributed by atoms with Crippen LogP contribution in [0.2, 0.25) is 0 Å². The lowest BCUT2D eigenvalue weighted by atomic mass is 10.1. The van der Waals surface area contributed by atoms with Crippen LogP contribution in [-0.4, -0.2) is 57.5 Å². The van der Waals surface area contributed by atoms with Gasteiger partial charge in [-0.1, -0.05) is 71.9 Å². The predicted octanol–water partition coefficient (Wildman–Crippen LogP) is 4.68. The molecule has 4 aromatic rings. The smallest absolute Gasteiger partial charge is 0.233 e. The Bertz CT molecular complexity index is 1250. The fraction of sp³-hybridized carbons (Fsp3) is 0.222. The van der Waals surface area contributed by atoms with Crippen LogP contribution < -0.4 is 4.90 Å². The van der Waals surface area contributed by atoms with Crippen molar-refractivity contribution in [1.82, 2.24) is 19.7 Å². The molecule has 1 aliphatic rings. The molecule has 0 aliphatic carbocycles. The second kappa shape index (κ2) is 10.1. The van der Waals surface area contributed by atoms with Gasteiger partial charge >= 0.3 is 0 Å². The van der Waals surface area contributed by atoms with Crippen molar-refractivity contribution in [3.05, 3.63) is 90.5 Å². The highest BCUT2D eigenvalue weighted by Gasteiger charge is 2.23. The number of carbonyl (C=O) groups excluding carboxylic acids is 1. The Hall–Kier alpha value is -3.58. The lowest BCUT2D eigenvalue weighted by Gasteiger charge is -2.36. The molecule has 0 N–H and O–H groups in total. The zero-order chi connectivity index (χ0) is 23.3. The molecule has 6 nitrogen and oxygen atoms in total. The molecule has 1 aliphatic heterocycles. The molecule has 0 bridgehead atoms. The summed E-state index contributed by atoms with van der Waals surface area (Å²) in [6.45, 7) is 5.22. The molecule has 0 saturated carbocycles. The summed E-state index contributed by atoms with van der Waals surface area (Å²) >= 11 is 1.45. The molecule has 1 aromatic heterocycles. The highest BCUT2D eigenvalue weighted by Crippen LogP contribution is 2.28. The van der Waals surface area contributed by atoms with Gasteiger partial charge in [0.1, 0.15) is 0 Å². The Morgan fingerprint density at radius 1 is 0.824 bits per heavy atom. The maximum atomic E-state index is 13.0. The molecular formula is C27H27N5OS. The lowest BCUT2D eigenvalue weighted by Crippen LogP contribution is -2.49. The van der Waals surface area contributed by atoms with E-state index in [1.54, 1.807) is 0 Å². The number of benzene rings is 3. The normalized spacial score (nSPS) is 13.8. The fourth-order valence-corrected chi connectivity index (χ4v) is 5.07. The van der Waals surface area contributed by atoms with Gasteiger partial charge in [-0.05, 0) is 37.3 Å². The Labute approximate surface area is 204 Å². The number of nitrogens with zero attached hydrogens (tertiary/aromatic N) is 5. The van der Waals surface area contributed by atoms with Gasteiger partial charge in [0.2, 0.25) is 5.91 Å². The number of rotatable bonds is 6. The standard InChI is InChI=1S/C27H27N5OS/c1-21-9-8-10-22(19-21)26-28-29-27(32(26)24-13-6-3-7-14-24)34-20-25(33)31-17-15-30(16-18-31)23-11-4-2-5-12-23/h2-14,19H,15-18,20H2,1H3. The first-order valence-electron chi connectivity index (χ1n) is 11.5. The van der Waals surface area contributed by atoms with Crippen LogP contribution in [-0.2, 0) is 4.79 Å². The van der Waals surface area contributed by atoms with E-state index in [0.29, 0.717) is 5.75 Å². The SMILES string of the molecule is Cc1cccc(-c2nnc(SCC(=O)N3CCN(c4ccccc4)CC3)n2-c2ccccc2)c1. The third kappa shape index (κ3) is 4.84. The zero-order valence-electron chi connectivity index (χ0n) is 19.2. The number of para-hydroxylation sites is 2. The van der Waals surface area contributed by atoms with Gasteiger partial charge < -0.3 is 9.80 Å². The summed E-state index contributed by atoms with van der Waals surface area (Å²) < 4.78 is 2.04. The molecule has 3 aromatic carbocycles. The molecular weight excluding hydrogens is 442 g/mol. The summed E-state index contributed by atoms with van der Waals surface area (Å²) in [5.74, 6) is 1.25. The number of anilines is 1. The van der Waals surface area contributed by atoms with Gasteiger partial charge in [0, 0.05) is 43.1 Å². The number of aromatic nitrogens is 3. The van der Waals surface area contributed by atoms with Crippen molar-refractivity contribution in [2.75, 3.05) is 36.8 Å². The number of hydrogen-bond acceptors (Lipinski definition) is 5. The van der Waals surface area contributed by atoms with E-state index in [1.807, 2.05) is 58.0 Å². The van der Waals surface area contributed by atoms with Gasteiger partial charge in [-0.15, -0.1) is 10.2 Å². The van der Waals surface area contributed by atoms with Crippen LogP contribution >= 0.6 is 11.8 Å². The molecule has 5 rings (SSSR count). The van der Waals surface area contributed by atoms with Crippen molar-refractivity contribution < 1.29 is 4.79 Å². The van der Waals surface area contributed by atoms with Gasteiger partial charge in [-0.25, -0.2) is 0 Å². The highest BCUT2D eigenvalue weighted by atomic mass is 32.2. The van der Waals surface area contributed by atoms with Crippen LogP contribution in [0.1, 0.15) is 5.56 Å². The van der Waals surface area contributed by atoms with Crippen molar-refractivity contribution in [2.24, 2.45) is 0 Å². The van der Waals surface area contributed by atoms with Crippen LogP contribution in [0.25, 0.3) is 17.1 Å². The Kier molecular flexibility index (Phi) is 6.62. The van der Waals surface area contributed by atoms with E-state index < -0.39 is 0 Å². The van der Waals surface area contributed by atoms with Crippen molar-refractivity contribution in [2.45, 2.75) is 12.1 Å². The summed E-state index contributed by atoms with van der Waals surface area (Å²) in [5, 5.41) is 9.68. The van der Waals surface area contributed by atoms with E-state index in [1.165, 1.54) is 23.0 Å². The topological polar surface area (TPSA) is 54.3 Å². The molecule has 7 heteroatoms. The molecule has 0 unspecified atom stereocenters. The fourth-order valence-electron chi connectivity index (χ4n) is 4.21. The second-order valence-corrected chi connectivity index (χ2v) is 9.28. The van der Waals surface area contributed by atoms with E-state index in [0.717, 1.165) is 48.4 Å². The Morgan fingerprint density at radius 3 is 2.18 bits per heavy atom. The molecule has 172 valence electrons. The summed E-state index contributed by atoms with van der Waals surface area (Å²) in [5.41, 5.74) is 4.37. The number of aryl methyl sites for hydroxylation is 1. The van der Waals surface area contributed by atoms with Crippen LogP contribution in [0, 0.1) is 6.92 Å². The molecule has 2 heterocycles. The highest BCUT2D eigenvalue weighted by molar-refractivity contribution is 7.99. The third-order valence-corrected chi connectivity index (χ3v) is 6.92. The van der Waals surface area contributed by atoms with Gasteiger partial charge in [0.15, 0.2) is 11.0 Å². The van der Waals surface area contributed by atoms with E-state index in [4.69, 9.17) is 0 Å². The van der Waals surface area contributed by atoms with E-state index in [2.05, 4.69) is 58.4 Å². The van der Waals surface area contributed by atoms with Gasteiger partial charge in [0.25, 0.3) is 0 Å². The van der Waals surface area contributed by atoms with Crippen molar-refractivity contribution in [3.63, 3.8) is 0 Å². The molecule has 0 radical (unpaired) electrons. The van der Waals surface area contributed by atoms with E-state index in [9.17, 15) is 4.79 Å². The molecule has 1 amide bonds. The summed E-state index contributed by atoms with van der Waals surface area (Å²) in [7, 11) is 0. The quantitative estimate of drug-likeness (QED) is 0.384. The molecule has 0 spiro atoms. The first kappa shape index (κ1) is 22.2. The third-order valence-electron chi connectivity index (χ3n) is 6.00. The Balaban J connectivity index is 1.30. The largest absolute Gasteiger partial charge is 0.368 e. The van der Waals surface area contributed by atoms with Crippen molar-refractivity contribution >= 4 is 23.4 Å². The summed E-state index contributed by atoms with van der Waals surface area (Å²) in [4.78, 5) is 17.3. The maximum absolute atomic E-state index is 13.0. The average molecular weight is 470 g/mol. The average Bonchev–Trinajstić information content (AvgIpc) is 3.32. The molecule has 1 saturated heterocycles. The van der Waals surface area contributed by atoms with Gasteiger partial charge in [0.05, 0.1) is 5.75 Å². The monoisotopic (exact) mass is 469 g/mol. The minimum atomic E-state index is 0.137. The van der Waals surface area contributed by atoms with Crippen molar-refractivity contribution in [3.8, 4) is 17.1 Å². The van der Waals surface area contributed by atoms with E-state index >= 15 is 0 Å². The van der Waals surface area contributed by atoms with Crippen molar-refractivity contribution in [1.29, 1.82) is 0 Å². The zero-order valence-corrected chi connectivity index (χ0v) is 20.0. The first-order chi connectivity index (χ1) is 16.7. The minimum absolute atomic E-state index is 0.137. The number of hydrogen-bond donors (Lipinski definition) is 0. The molecule has 34 heavy (non-hydrogen) atoms. The number of carbonyl (C=O) groups is 1. The van der Waals surface area contributed by atoms with Gasteiger partial charge in [-0.3, -0.25) is 9.36 Å². The number of amides is 1.